The van der Waals surface area contributed by atoms with Gasteiger partial charge in [-0.1, -0.05) is 19.1 Å². The number of ether oxygens (including phenoxy) is 1. The maximum Gasteiger partial charge on any atom is 0.293 e. The molecule has 0 unspecified atom stereocenters. The summed E-state index contributed by atoms with van der Waals surface area (Å²) in [6.45, 7) is 4.08. The molecule has 1 N–H and O–H groups in total. The van der Waals surface area contributed by atoms with Gasteiger partial charge in [0.25, 0.3) is 11.6 Å². The Morgan fingerprint density at radius 1 is 1.29 bits per heavy atom. The monoisotopic (exact) mass is 383 g/mol. The van der Waals surface area contributed by atoms with Gasteiger partial charge in [-0.3, -0.25) is 14.9 Å². The summed E-state index contributed by atoms with van der Waals surface area (Å²) in [5.41, 5.74) is 1.77. The molecule has 28 heavy (non-hydrogen) atoms. The van der Waals surface area contributed by atoms with Crippen molar-refractivity contribution in [2.45, 2.75) is 26.3 Å². The van der Waals surface area contributed by atoms with Crippen LogP contribution in [0.15, 0.2) is 42.5 Å². The smallest absolute Gasteiger partial charge is 0.293 e. The quantitative estimate of drug-likeness (QED) is 0.606. The van der Waals surface area contributed by atoms with Crippen molar-refractivity contribution in [3.63, 3.8) is 0 Å². The fourth-order valence-corrected chi connectivity index (χ4v) is 3.51. The van der Waals surface area contributed by atoms with E-state index in [1.807, 2.05) is 29.2 Å². The average Bonchev–Trinajstić information content (AvgIpc) is 2.72. The lowest BCUT2D eigenvalue weighted by Gasteiger charge is -2.32. The topological polar surface area (TPSA) is 84.7 Å². The summed E-state index contributed by atoms with van der Waals surface area (Å²) >= 11 is 0. The van der Waals surface area contributed by atoms with Crippen molar-refractivity contribution < 1.29 is 14.5 Å². The fraction of sp³-hybridized carbons (Fsp3) is 0.381. The van der Waals surface area contributed by atoms with Crippen molar-refractivity contribution in [1.29, 1.82) is 0 Å². The third-order valence-corrected chi connectivity index (χ3v) is 5.04. The number of nitrogens with zero attached hydrogens (tertiary/aromatic N) is 2. The molecule has 1 amide bonds. The largest absolute Gasteiger partial charge is 0.497 e. The zero-order valence-corrected chi connectivity index (χ0v) is 16.2. The molecule has 0 radical (unpaired) electrons. The molecule has 1 atom stereocenters. The Bertz CT molecular complexity index is 851. The van der Waals surface area contributed by atoms with Crippen molar-refractivity contribution >= 4 is 17.3 Å². The maximum absolute atomic E-state index is 12.5. The minimum atomic E-state index is -0.408. The van der Waals surface area contributed by atoms with Gasteiger partial charge in [0, 0.05) is 31.3 Å². The molecule has 0 bridgehead atoms. The van der Waals surface area contributed by atoms with Crippen LogP contribution in [0, 0.1) is 16.0 Å². The van der Waals surface area contributed by atoms with Crippen LogP contribution < -0.4 is 15.0 Å². The standard InChI is InChI=1S/C21H25N3O4/c1-15-4-3-11-23(14-15)19-10-7-17(12-20(19)24(26)27)21(25)22-13-16-5-8-18(28-2)9-6-16/h5-10,12,15H,3-4,11,13-14H2,1-2H3,(H,22,25)/t15-/m0/s1. The summed E-state index contributed by atoms with van der Waals surface area (Å²) in [6.07, 6.45) is 2.15. The highest BCUT2D eigenvalue weighted by atomic mass is 16.6. The van der Waals surface area contributed by atoms with Crippen LogP contribution in [-0.2, 0) is 6.54 Å². The molecule has 0 spiro atoms. The van der Waals surface area contributed by atoms with Gasteiger partial charge in [0.2, 0.25) is 0 Å². The van der Waals surface area contributed by atoms with Gasteiger partial charge in [-0.15, -0.1) is 0 Å². The third kappa shape index (κ3) is 4.60. The number of nitro groups is 1. The lowest BCUT2D eigenvalue weighted by molar-refractivity contribution is -0.384. The van der Waals surface area contributed by atoms with Crippen LogP contribution in [0.2, 0.25) is 0 Å². The molecule has 0 aliphatic carbocycles. The number of methoxy groups -OCH3 is 1. The highest BCUT2D eigenvalue weighted by Gasteiger charge is 2.25. The van der Waals surface area contributed by atoms with E-state index in [1.54, 1.807) is 19.2 Å². The average molecular weight is 383 g/mol. The van der Waals surface area contributed by atoms with Crippen LogP contribution >= 0.6 is 0 Å². The second-order valence-electron chi connectivity index (χ2n) is 7.18. The van der Waals surface area contributed by atoms with E-state index in [9.17, 15) is 14.9 Å². The lowest BCUT2D eigenvalue weighted by atomic mass is 9.99. The van der Waals surface area contributed by atoms with E-state index in [2.05, 4.69) is 12.2 Å². The van der Waals surface area contributed by atoms with Crippen molar-refractivity contribution in [2.75, 3.05) is 25.1 Å². The molecule has 3 rings (SSSR count). The Kier molecular flexibility index (Phi) is 6.13. The van der Waals surface area contributed by atoms with Crippen LogP contribution in [0.25, 0.3) is 0 Å². The summed E-state index contributed by atoms with van der Waals surface area (Å²) in [6, 6.07) is 12.1. The van der Waals surface area contributed by atoms with Crippen molar-refractivity contribution in [3.8, 4) is 5.75 Å². The number of nitro benzene ring substituents is 1. The van der Waals surface area contributed by atoms with Crippen LogP contribution in [0.4, 0.5) is 11.4 Å². The number of benzene rings is 2. The van der Waals surface area contributed by atoms with E-state index in [-0.39, 0.29) is 17.2 Å². The van der Waals surface area contributed by atoms with E-state index in [1.165, 1.54) is 6.07 Å². The van der Waals surface area contributed by atoms with Gasteiger partial charge in [-0.25, -0.2) is 0 Å². The number of anilines is 1. The summed E-state index contributed by atoms with van der Waals surface area (Å²) in [5, 5.41) is 14.4. The van der Waals surface area contributed by atoms with E-state index in [0.29, 0.717) is 18.2 Å². The molecule has 1 fully saturated rings. The van der Waals surface area contributed by atoms with Gasteiger partial charge in [0.15, 0.2) is 0 Å². The maximum atomic E-state index is 12.5. The molecule has 1 heterocycles. The first-order valence-electron chi connectivity index (χ1n) is 9.42. The summed E-state index contributed by atoms with van der Waals surface area (Å²) in [5.74, 6) is 0.909. The minimum absolute atomic E-state index is 0.0220. The summed E-state index contributed by atoms with van der Waals surface area (Å²) in [4.78, 5) is 25.7. The van der Waals surface area contributed by atoms with Gasteiger partial charge >= 0.3 is 0 Å². The van der Waals surface area contributed by atoms with Gasteiger partial charge in [0.05, 0.1) is 12.0 Å². The Labute approximate surface area is 164 Å². The molecule has 148 valence electrons. The second-order valence-corrected chi connectivity index (χ2v) is 7.18. The van der Waals surface area contributed by atoms with Crippen molar-refractivity contribution in [1.82, 2.24) is 5.32 Å². The number of nitrogens with one attached hydrogen (secondary N) is 1. The number of carbonyl (C=O) groups is 1. The fourth-order valence-electron chi connectivity index (χ4n) is 3.51. The molecule has 0 aromatic heterocycles. The Morgan fingerprint density at radius 3 is 2.68 bits per heavy atom. The van der Waals surface area contributed by atoms with Crippen LogP contribution in [0.5, 0.6) is 5.75 Å². The normalized spacial score (nSPS) is 16.5. The summed E-state index contributed by atoms with van der Waals surface area (Å²) in [7, 11) is 1.60. The molecule has 7 heteroatoms. The number of hydrogen-bond acceptors (Lipinski definition) is 5. The first-order valence-corrected chi connectivity index (χ1v) is 9.42. The van der Waals surface area contributed by atoms with Crippen molar-refractivity contribution in [2.24, 2.45) is 5.92 Å². The minimum Gasteiger partial charge on any atom is -0.497 e. The Hall–Kier alpha value is -3.09. The van der Waals surface area contributed by atoms with E-state index in [4.69, 9.17) is 4.74 Å². The van der Waals surface area contributed by atoms with E-state index < -0.39 is 4.92 Å². The molecule has 7 nitrogen and oxygen atoms in total. The van der Waals surface area contributed by atoms with Gasteiger partial charge < -0.3 is 15.0 Å². The van der Waals surface area contributed by atoms with Crippen molar-refractivity contribution in [3.05, 3.63) is 63.7 Å². The molecule has 1 saturated heterocycles. The first kappa shape index (κ1) is 19.7. The molecule has 2 aromatic rings. The highest BCUT2D eigenvalue weighted by Crippen LogP contribution is 2.32. The van der Waals surface area contributed by atoms with E-state index in [0.717, 1.165) is 37.2 Å². The molecule has 0 saturated carbocycles. The van der Waals surface area contributed by atoms with E-state index >= 15 is 0 Å². The predicted octanol–water partition coefficient (Wildman–Crippen LogP) is 3.77. The summed E-state index contributed by atoms with van der Waals surface area (Å²) < 4.78 is 5.11. The van der Waals surface area contributed by atoms with Crippen LogP contribution in [-0.4, -0.2) is 31.0 Å². The molecule has 2 aromatic carbocycles. The third-order valence-electron chi connectivity index (χ3n) is 5.04. The number of carbonyl (C=O) groups excluding carboxylic acids is 1. The number of rotatable bonds is 6. The van der Waals surface area contributed by atoms with Gasteiger partial charge in [-0.2, -0.15) is 0 Å². The molecule has 1 aliphatic rings. The number of hydrogen-bond donors (Lipinski definition) is 1. The predicted molar refractivity (Wildman–Crippen MR) is 108 cm³/mol. The second kappa shape index (κ2) is 8.73. The van der Waals surface area contributed by atoms with Crippen LogP contribution in [0.3, 0.4) is 0 Å². The lowest BCUT2D eigenvalue weighted by Crippen LogP contribution is -2.34. The SMILES string of the molecule is COc1ccc(CNC(=O)c2ccc(N3CCC[C@H](C)C3)c([N+](=O)[O-])c2)cc1. The Morgan fingerprint density at radius 2 is 2.04 bits per heavy atom. The molecule has 1 aliphatic heterocycles. The Balaban J connectivity index is 1.73. The molecular weight excluding hydrogens is 358 g/mol. The first-order chi connectivity index (χ1) is 13.5. The van der Waals surface area contributed by atoms with Gasteiger partial charge in [0.1, 0.15) is 11.4 Å². The zero-order chi connectivity index (χ0) is 20.1. The highest BCUT2D eigenvalue weighted by molar-refractivity contribution is 5.95. The van der Waals surface area contributed by atoms with Gasteiger partial charge in [-0.05, 0) is 48.6 Å². The zero-order valence-electron chi connectivity index (χ0n) is 16.2. The molecular formula is C21H25N3O4. The van der Waals surface area contributed by atoms with Crippen LogP contribution in [0.1, 0.15) is 35.7 Å². The number of amides is 1. The number of piperidine rings is 1.